The smallest absolute Gasteiger partial charge is 0.124 e. The van der Waals surface area contributed by atoms with Crippen LogP contribution >= 0.6 is 15.9 Å². The Kier molecular flexibility index (Phi) is 2.62. The van der Waals surface area contributed by atoms with Gasteiger partial charge in [0.15, 0.2) is 0 Å². The van der Waals surface area contributed by atoms with Crippen LogP contribution in [0.2, 0.25) is 0 Å². The Morgan fingerprint density at radius 2 is 2.18 bits per heavy atom. The van der Waals surface area contributed by atoms with Gasteiger partial charge in [0.2, 0.25) is 0 Å². The molecule has 0 unspecified atom stereocenters. The second-order valence-corrected chi connectivity index (χ2v) is 3.20. The maximum absolute atomic E-state index is 12.6. The van der Waals surface area contributed by atoms with E-state index in [1.54, 1.807) is 6.92 Å². The van der Waals surface area contributed by atoms with Crippen LogP contribution in [0.4, 0.5) is 4.39 Å². The first-order valence-corrected chi connectivity index (χ1v) is 4.00. The summed E-state index contributed by atoms with van der Waals surface area (Å²) >= 11 is 3.16. The molecule has 0 spiro atoms. The van der Waals surface area contributed by atoms with Gasteiger partial charge >= 0.3 is 0 Å². The van der Waals surface area contributed by atoms with E-state index < -0.39 is 0 Å². The van der Waals surface area contributed by atoms with Crippen molar-refractivity contribution < 1.29 is 9.50 Å². The fourth-order valence-electron chi connectivity index (χ4n) is 0.932. The van der Waals surface area contributed by atoms with E-state index in [1.165, 1.54) is 12.1 Å². The predicted molar refractivity (Wildman–Crippen MR) is 44.8 cm³/mol. The van der Waals surface area contributed by atoms with Crippen LogP contribution in [-0.2, 0) is 6.61 Å². The fourth-order valence-corrected chi connectivity index (χ4v) is 1.59. The first kappa shape index (κ1) is 8.68. The summed E-state index contributed by atoms with van der Waals surface area (Å²) in [6.07, 6.45) is 0. The van der Waals surface area contributed by atoms with E-state index in [9.17, 15) is 4.39 Å². The molecule has 1 nitrogen and oxygen atoms in total. The van der Waals surface area contributed by atoms with Gasteiger partial charge in [-0.15, -0.1) is 0 Å². The highest BCUT2D eigenvalue weighted by atomic mass is 79.9. The van der Waals surface area contributed by atoms with Gasteiger partial charge in [-0.05, 0) is 30.2 Å². The van der Waals surface area contributed by atoms with E-state index in [-0.39, 0.29) is 12.4 Å². The highest BCUT2D eigenvalue weighted by Gasteiger charge is 2.03. The molecule has 0 radical (unpaired) electrons. The van der Waals surface area contributed by atoms with Crippen molar-refractivity contribution >= 4 is 15.9 Å². The molecule has 60 valence electrons. The molecule has 11 heavy (non-hydrogen) atoms. The summed E-state index contributed by atoms with van der Waals surface area (Å²) in [5.41, 5.74) is 1.51. The number of hydrogen-bond donors (Lipinski definition) is 1. The molecule has 0 atom stereocenters. The van der Waals surface area contributed by atoms with E-state index in [2.05, 4.69) is 15.9 Å². The van der Waals surface area contributed by atoms with Gasteiger partial charge in [0.25, 0.3) is 0 Å². The topological polar surface area (TPSA) is 20.2 Å². The Balaban J connectivity index is 3.25. The van der Waals surface area contributed by atoms with E-state index in [4.69, 9.17) is 5.11 Å². The zero-order chi connectivity index (χ0) is 8.43. The molecule has 1 rings (SSSR count). The average Bonchev–Trinajstić information content (AvgIpc) is 1.85. The van der Waals surface area contributed by atoms with Crippen LogP contribution in [0, 0.1) is 12.7 Å². The second kappa shape index (κ2) is 3.32. The van der Waals surface area contributed by atoms with Crippen molar-refractivity contribution in [3.8, 4) is 0 Å². The van der Waals surface area contributed by atoms with E-state index in [0.717, 1.165) is 11.1 Å². The average molecular weight is 219 g/mol. The molecule has 0 aliphatic carbocycles. The number of aliphatic hydroxyl groups excluding tert-OH is 1. The highest BCUT2D eigenvalue weighted by Crippen LogP contribution is 2.21. The van der Waals surface area contributed by atoms with Crippen molar-refractivity contribution in [2.24, 2.45) is 0 Å². The molecule has 0 saturated carbocycles. The minimum atomic E-state index is -0.286. The van der Waals surface area contributed by atoms with Crippen molar-refractivity contribution in [1.82, 2.24) is 0 Å². The lowest BCUT2D eigenvalue weighted by Gasteiger charge is -2.04. The van der Waals surface area contributed by atoms with Gasteiger partial charge in [0.05, 0.1) is 6.61 Å². The first-order chi connectivity index (χ1) is 5.15. The van der Waals surface area contributed by atoms with Crippen LogP contribution in [-0.4, -0.2) is 5.11 Å². The number of aliphatic hydroxyl groups is 1. The van der Waals surface area contributed by atoms with Crippen LogP contribution in [0.3, 0.4) is 0 Å². The molecule has 0 aliphatic heterocycles. The van der Waals surface area contributed by atoms with Gasteiger partial charge in [0.1, 0.15) is 5.82 Å². The number of benzene rings is 1. The fraction of sp³-hybridized carbons (Fsp3) is 0.250. The van der Waals surface area contributed by atoms with Crippen molar-refractivity contribution in [2.75, 3.05) is 0 Å². The lowest BCUT2D eigenvalue weighted by molar-refractivity contribution is 0.280. The molecule has 0 aliphatic rings. The van der Waals surface area contributed by atoms with Crippen molar-refractivity contribution in [1.29, 1.82) is 0 Å². The molecule has 1 N–H and O–H groups in total. The molecule has 0 bridgehead atoms. The Morgan fingerprint density at radius 1 is 1.55 bits per heavy atom. The van der Waals surface area contributed by atoms with Gasteiger partial charge < -0.3 is 5.11 Å². The largest absolute Gasteiger partial charge is 0.392 e. The van der Waals surface area contributed by atoms with Gasteiger partial charge in [-0.3, -0.25) is 0 Å². The summed E-state index contributed by atoms with van der Waals surface area (Å²) in [5.74, 6) is -0.286. The molecule has 0 amide bonds. The third kappa shape index (κ3) is 1.79. The molecule has 3 heteroatoms. The molecule has 0 fully saturated rings. The predicted octanol–water partition coefficient (Wildman–Crippen LogP) is 2.39. The van der Waals surface area contributed by atoms with Crippen molar-refractivity contribution in [3.63, 3.8) is 0 Å². The second-order valence-electron chi connectivity index (χ2n) is 2.34. The third-order valence-electron chi connectivity index (χ3n) is 1.54. The maximum Gasteiger partial charge on any atom is 0.124 e. The number of halogens is 2. The normalized spacial score (nSPS) is 10.2. The summed E-state index contributed by atoms with van der Waals surface area (Å²) in [6.45, 7) is 1.70. The SMILES string of the molecule is Cc1cc(F)cc(Br)c1CO. The summed E-state index contributed by atoms with van der Waals surface area (Å²) in [4.78, 5) is 0. The van der Waals surface area contributed by atoms with Gasteiger partial charge in [0, 0.05) is 4.47 Å². The van der Waals surface area contributed by atoms with Crippen molar-refractivity contribution in [3.05, 3.63) is 33.5 Å². The third-order valence-corrected chi connectivity index (χ3v) is 2.25. The molecule has 0 saturated heterocycles. The minimum Gasteiger partial charge on any atom is -0.392 e. The molecule has 1 aromatic rings. The quantitative estimate of drug-likeness (QED) is 0.768. The Morgan fingerprint density at radius 3 is 2.64 bits per heavy atom. The van der Waals surface area contributed by atoms with Crippen LogP contribution in [0.5, 0.6) is 0 Å². The summed E-state index contributed by atoms with van der Waals surface area (Å²) in [7, 11) is 0. The lowest BCUT2D eigenvalue weighted by Crippen LogP contribution is -1.91. The van der Waals surface area contributed by atoms with Crippen LogP contribution in [0.25, 0.3) is 0 Å². The van der Waals surface area contributed by atoms with Gasteiger partial charge in [-0.1, -0.05) is 15.9 Å². The lowest BCUT2D eigenvalue weighted by atomic mass is 10.1. The van der Waals surface area contributed by atoms with E-state index in [1.807, 2.05) is 0 Å². The van der Waals surface area contributed by atoms with Crippen molar-refractivity contribution in [2.45, 2.75) is 13.5 Å². The van der Waals surface area contributed by atoms with Crippen LogP contribution in [0.15, 0.2) is 16.6 Å². The zero-order valence-corrected chi connectivity index (χ0v) is 7.65. The van der Waals surface area contributed by atoms with Gasteiger partial charge in [-0.2, -0.15) is 0 Å². The summed E-state index contributed by atoms with van der Waals surface area (Å²) in [5, 5.41) is 8.84. The molecular weight excluding hydrogens is 211 g/mol. The summed E-state index contributed by atoms with van der Waals surface area (Å²) < 4.78 is 13.3. The van der Waals surface area contributed by atoms with Crippen LogP contribution in [0.1, 0.15) is 11.1 Å². The standard InChI is InChI=1S/C8H8BrFO/c1-5-2-6(10)3-8(9)7(5)4-11/h2-3,11H,4H2,1H3. The monoisotopic (exact) mass is 218 g/mol. The highest BCUT2D eigenvalue weighted by molar-refractivity contribution is 9.10. The number of rotatable bonds is 1. The summed E-state index contributed by atoms with van der Waals surface area (Å²) in [6, 6.07) is 2.74. The molecule has 0 aromatic heterocycles. The zero-order valence-electron chi connectivity index (χ0n) is 6.06. The Hall–Kier alpha value is -0.410. The Labute approximate surface area is 73.0 Å². The molecular formula is C8H8BrFO. The minimum absolute atomic E-state index is 0.0628. The number of aryl methyl sites for hydroxylation is 1. The molecule has 1 aromatic carbocycles. The molecule has 0 heterocycles. The van der Waals surface area contributed by atoms with E-state index in [0.29, 0.717) is 4.47 Å². The van der Waals surface area contributed by atoms with Gasteiger partial charge in [-0.25, -0.2) is 4.39 Å². The van der Waals surface area contributed by atoms with E-state index >= 15 is 0 Å². The maximum atomic E-state index is 12.6. The number of hydrogen-bond acceptors (Lipinski definition) is 1. The van der Waals surface area contributed by atoms with Crippen LogP contribution < -0.4 is 0 Å². The Bertz CT molecular complexity index is 250. The first-order valence-electron chi connectivity index (χ1n) is 3.20.